The Hall–Kier alpha value is -2.33. The van der Waals surface area contributed by atoms with Crippen molar-refractivity contribution in [3.05, 3.63) is 71.3 Å². The van der Waals surface area contributed by atoms with Gasteiger partial charge in [0.05, 0.1) is 0 Å². The Morgan fingerprint density at radius 3 is 2.59 bits per heavy atom. The first-order chi connectivity index (χ1) is 8.38. The maximum absolute atomic E-state index is 10.6. The summed E-state index contributed by atoms with van der Waals surface area (Å²) in [6, 6.07) is 17.4. The van der Waals surface area contributed by atoms with E-state index in [1.165, 1.54) is 5.56 Å². The van der Waals surface area contributed by atoms with Crippen molar-refractivity contribution in [2.24, 2.45) is 0 Å². The highest BCUT2D eigenvalue weighted by atomic mass is 16.1. The largest absolute Gasteiger partial charge is 0.298 e. The molecule has 0 aromatic heterocycles. The minimum atomic E-state index is 0.663. The summed E-state index contributed by atoms with van der Waals surface area (Å²) in [5.41, 5.74) is 2.74. The third-order valence-electron chi connectivity index (χ3n) is 2.39. The Morgan fingerprint density at radius 2 is 1.82 bits per heavy atom. The van der Waals surface area contributed by atoms with Gasteiger partial charge in [0.2, 0.25) is 0 Å². The Kier molecular flexibility index (Phi) is 3.72. The Balaban J connectivity index is 2.08. The molecule has 2 aromatic rings. The lowest BCUT2D eigenvalue weighted by molar-refractivity contribution is 0.112. The number of rotatable bonds is 2. The summed E-state index contributed by atoms with van der Waals surface area (Å²) in [6.45, 7) is 0. The van der Waals surface area contributed by atoms with Crippen molar-refractivity contribution in [3.8, 4) is 11.8 Å². The zero-order valence-corrected chi connectivity index (χ0v) is 9.39. The van der Waals surface area contributed by atoms with Gasteiger partial charge in [0.25, 0.3) is 0 Å². The molecule has 0 saturated carbocycles. The van der Waals surface area contributed by atoms with Crippen molar-refractivity contribution in [1.82, 2.24) is 0 Å². The normalized spacial score (nSPS) is 9.18. The molecule has 1 nitrogen and oxygen atoms in total. The number of carbonyl (C=O) groups excluding carboxylic acids is 1. The second kappa shape index (κ2) is 5.67. The van der Waals surface area contributed by atoms with Crippen LogP contribution in [0.3, 0.4) is 0 Å². The predicted octanol–water partition coefficient (Wildman–Crippen LogP) is 3.09. The van der Waals surface area contributed by atoms with E-state index >= 15 is 0 Å². The SMILES string of the molecule is O=Cc1cccc(C#CCc2ccccc2)c1. The van der Waals surface area contributed by atoms with E-state index in [2.05, 4.69) is 24.0 Å². The van der Waals surface area contributed by atoms with E-state index in [1.54, 1.807) is 12.1 Å². The van der Waals surface area contributed by atoms with E-state index in [9.17, 15) is 4.79 Å². The lowest BCUT2D eigenvalue weighted by Crippen LogP contribution is -1.82. The van der Waals surface area contributed by atoms with Gasteiger partial charge in [0, 0.05) is 17.5 Å². The van der Waals surface area contributed by atoms with Crippen LogP contribution in [-0.2, 0) is 6.42 Å². The van der Waals surface area contributed by atoms with Gasteiger partial charge < -0.3 is 0 Å². The van der Waals surface area contributed by atoms with Crippen LogP contribution in [0.5, 0.6) is 0 Å². The van der Waals surface area contributed by atoms with Gasteiger partial charge in [-0.15, -0.1) is 0 Å². The molecule has 0 atom stereocenters. The molecule has 0 aliphatic heterocycles. The summed E-state index contributed by atoms with van der Waals surface area (Å²) in [5, 5.41) is 0. The molecule has 2 rings (SSSR count). The van der Waals surface area contributed by atoms with Crippen LogP contribution in [0.15, 0.2) is 54.6 Å². The first-order valence-electron chi connectivity index (χ1n) is 5.46. The van der Waals surface area contributed by atoms with Crippen molar-refractivity contribution in [1.29, 1.82) is 0 Å². The van der Waals surface area contributed by atoms with Gasteiger partial charge in [-0.25, -0.2) is 0 Å². The maximum Gasteiger partial charge on any atom is 0.150 e. The van der Waals surface area contributed by atoms with Crippen LogP contribution >= 0.6 is 0 Å². The highest BCUT2D eigenvalue weighted by molar-refractivity contribution is 5.75. The second-order valence-corrected chi connectivity index (χ2v) is 3.71. The quantitative estimate of drug-likeness (QED) is 0.561. The summed E-state index contributed by atoms with van der Waals surface area (Å²) in [7, 11) is 0. The first kappa shape index (κ1) is 11.2. The highest BCUT2D eigenvalue weighted by Gasteiger charge is 1.90. The summed E-state index contributed by atoms with van der Waals surface area (Å²) in [5.74, 6) is 6.16. The second-order valence-electron chi connectivity index (χ2n) is 3.71. The fraction of sp³-hybridized carbons (Fsp3) is 0.0625. The first-order valence-corrected chi connectivity index (χ1v) is 5.46. The van der Waals surface area contributed by atoms with Gasteiger partial charge in [-0.3, -0.25) is 4.79 Å². The zero-order chi connectivity index (χ0) is 11.9. The number of hydrogen-bond acceptors (Lipinski definition) is 1. The van der Waals surface area contributed by atoms with Gasteiger partial charge in [-0.1, -0.05) is 54.3 Å². The molecule has 0 spiro atoms. The maximum atomic E-state index is 10.6. The van der Waals surface area contributed by atoms with Crippen LogP contribution in [0.1, 0.15) is 21.5 Å². The third-order valence-corrected chi connectivity index (χ3v) is 2.39. The van der Waals surface area contributed by atoms with Crippen molar-refractivity contribution >= 4 is 6.29 Å². The Morgan fingerprint density at radius 1 is 1.00 bits per heavy atom. The van der Waals surface area contributed by atoms with E-state index in [0.29, 0.717) is 5.56 Å². The van der Waals surface area contributed by atoms with Gasteiger partial charge >= 0.3 is 0 Å². The molecule has 0 bridgehead atoms. The Bertz CT molecular complexity index is 559. The summed E-state index contributed by atoms with van der Waals surface area (Å²) in [6.07, 6.45) is 1.56. The van der Waals surface area contributed by atoms with E-state index in [1.807, 2.05) is 30.3 Å². The van der Waals surface area contributed by atoms with E-state index in [4.69, 9.17) is 0 Å². The fourth-order valence-corrected chi connectivity index (χ4v) is 1.53. The predicted molar refractivity (Wildman–Crippen MR) is 68.9 cm³/mol. The number of aldehydes is 1. The molecule has 2 aromatic carbocycles. The zero-order valence-electron chi connectivity index (χ0n) is 9.39. The molecule has 0 N–H and O–H groups in total. The van der Waals surface area contributed by atoms with Crippen LogP contribution in [0, 0.1) is 11.8 Å². The number of hydrogen-bond donors (Lipinski definition) is 0. The molecule has 0 radical (unpaired) electrons. The molecule has 0 aliphatic rings. The van der Waals surface area contributed by atoms with E-state index in [0.717, 1.165) is 18.3 Å². The van der Waals surface area contributed by atoms with Gasteiger partial charge in [-0.2, -0.15) is 0 Å². The molecule has 82 valence electrons. The molecule has 0 unspecified atom stereocenters. The topological polar surface area (TPSA) is 17.1 Å². The van der Waals surface area contributed by atoms with Crippen molar-refractivity contribution < 1.29 is 4.79 Å². The molecule has 17 heavy (non-hydrogen) atoms. The fourth-order valence-electron chi connectivity index (χ4n) is 1.53. The van der Waals surface area contributed by atoms with E-state index in [-0.39, 0.29) is 0 Å². The Labute approximate surface area is 101 Å². The monoisotopic (exact) mass is 220 g/mol. The number of carbonyl (C=O) groups is 1. The summed E-state index contributed by atoms with van der Waals surface area (Å²) < 4.78 is 0. The molecular weight excluding hydrogens is 208 g/mol. The van der Waals surface area contributed by atoms with Crippen LogP contribution in [0.4, 0.5) is 0 Å². The van der Waals surface area contributed by atoms with Crippen molar-refractivity contribution in [3.63, 3.8) is 0 Å². The van der Waals surface area contributed by atoms with Crippen LogP contribution in [0.25, 0.3) is 0 Å². The third kappa shape index (κ3) is 3.32. The van der Waals surface area contributed by atoms with Crippen molar-refractivity contribution in [2.75, 3.05) is 0 Å². The molecule has 0 amide bonds. The minimum absolute atomic E-state index is 0.663. The molecular formula is C16H12O. The van der Waals surface area contributed by atoms with Gasteiger partial charge in [0.1, 0.15) is 6.29 Å². The average Bonchev–Trinajstić information content (AvgIpc) is 2.40. The summed E-state index contributed by atoms with van der Waals surface area (Å²) in [4.78, 5) is 10.6. The average molecular weight is 220 g/mol. The summed E-state index contributed by atoms with van der Waals surface area (Å²) >= 11 is 0. The smallest absolute Gasteiger partial charge is 0.150 e. The van der Waals surface area contributed by atoms with Crippen LogP contribution < -0.4 is 0 Å². The van der Waals surface area contributed by atoms with Crippen molar-refractivity contribution in [2.45, 2.75) is 6.42 Å². The van der Waals surface area contributed by atoms with E-state index < -0.39 is 0 Å². The molecule has 0 aliphatic carbocycles. The van der Waals surface area contributed by atoms with Crippen LogP contribution in [-0.4, -0.2) is 6.29 Å². The number of benzene rings is 2. The molecule has 0 heterocycles. The molecule has 1 heteroatoms. The van der Waals surface area contributed by atoms with Crippen LogP contribution in [0.2, 0.25) is 0 Å². The van der Waals surface area contributed by atoms with Gasteiger partial charge in [-0.05, 0) is 17.7 Å². The lowest BCUT2D eigenvalue weighted by Gasteiger charge is -1.93. The standard InChI is InChI=1S/C16H12O/c17-13-16-11-5-10-15(12-16)9-4-8-14-6-2-1-3-7-14/h1-3,5-7,10-13H,8H2. The molecule has 0 saturated heterocycles. The lowest BCUT2D eigenvalue weighted by atomic mass is 10.1. The highest BCUT2D eigenvalue weighted by Crippen LogP contribution is 2.02. The molecule has 0 fully saturated rings. The minimum Gasteiger partial charge on any atom is -0.298 e. The van der Waals surface area contributed by atoms with Gasteiger partial charge in [0.15, 0.2) is 0 Å².